The smallest absolute Gasteiger partial charge is 0.273 e. The van der Waals surface area contributed by atoms with Crippen LogP contribution in [0, 0.1) is 0 Å². The van der Waals surface area contributed by atoms with Crippen LogP contribution in [0.2, 0.25) is 0 Å². The first-order valence-electron chi connectivity index (χ1n) is 6.86. The summed E-state index contributed by atoms with van der Waals surface area (Å²) in [6.45, 7) is 3.71. The van der Waals surface area contributed by atoms with E-state index in [-0.39, 0.29) is 23.9 Å². The predicted molar refractivity (Wildman–Crippen MR) is 75.4 cm³/mol. The van der Waals surface area contributed by atoms with E-state index < -0.39 is 0 Å². The van der Waals surface area contributed by atoms with Crippen molar-refractivity contribution in [3.63, 3.8) is 0 Å². The highest BCUT2D eigenvalue weighted by Gasteiger charge is 2.37. The molecule has 7 heteroatoms. The molecule has 2 unspecified atom stereocenters. The summed E-state index contributed by atoms with van der Waals surface area (Å²) in [7, 11) is 0. The van der Waals surface area contributed by atoms with Gasteiger partial charge in [0, 0.05) is 37.5 Å². The number of nitrogens with zero attached hydrogens (tertiary/aromatic N) is 3. The van der Waals surface area contributed by atoms with Crippen LogP contribution in [-0.2, 0) is 4.79 Å². The Bertz CT molecular complexity index is 542. The van der Waals surface area contributed by atoms with Crippen molar-refractivity contribution in [3.8, 4) is 0 Å². The summed E-state index contributed by atoms with van der Waals surface area (Å²) in [5, 5.41) is 2.55. The summed E-state index contributed by atoms with van der Waals surface area (Å²) in [4.78, 5) is 32.1. The van der Waals surface area contributed by atoms with Gasteiger partial charge >= 0.3 is 0 Å². The maximum atomic E-state index is 12.4. The molecule has 3 rings (SSSR count). The highest BCUT2D eigenvalue weighted by atomic mass is 32.1. The topological polar surface area (TPSA) is 79.5 Å². The first-order valence-corrected chi connectivity index (χ1v) is 7.74. The molecule has 2 aliphatic rings. The molecule has 1 aromatic rings. The minimum absolute atomic E-state index is 0.0489. The van der Waals surface area contributed by atoms with Crippen LogP contribution >= 0.6 is 11.3 Å². The lowest BCUT2D eigenvalue weighted by atomic mass is 10.1. The number of rotatable bonds is 2. The minimum Gasteiger partial charge on any atom is -0.336 e. The predicted octanol–water partition coefficient (Wildman–Crippen LogP) is 0.610. The Kier molecular flexibility index (Phi) is 3.47. The monoisotopic (exact) mass is 294 g/mol. The van der Waals surface area contributed by atoms with Gasteiger partial charge in [0.25, 0.3) is 5.91 Å². The molecule has 2 fully saturated rings. The lowest BCUT2D eigenvalue weighted by molar-refractivity contribution is -0.130. The largest absolute Gasteiger partial charge is 0.336 e. The molecule has 2 aliphatic heterocycles. The first kappa shape index (κ1) is 13.5. The van der Waals surface area contributed by atoms with E-state index >= 15 is 0 Å². The Labute approximate surface area is 121 Å². The summed E-state index contributed by atoms with van der Waals surface area (Å²) < 4.78 is 0. The summed E-state index contributed by atoms with van der Waals surface area (Å²) in [6, 6.07) is 0.0394. The SMILES string of the molecule is CC(N)c1nc(C(=O)N2CCN3C(=O)CCC3C2)cs1. The van der Waals surface area contributed by atoms with Crippen molar-refractivity contribution in [2.45, 2.75) is 31.8 Å². The third-order valence-corrected chi connectivity index (χ3v) is 4.96. The van der Waals surface area contributed by atoms with Crippen molar-refractivity contribution in [2.75, 3.05) is 19.6 Å². The molecular formula is C13H18N4O2S. The fraction of sp³-hybridized carbons (Fsp3) is 0.615. The number of carbonyl (C=O) groups excluding carboxylic acids is 2. The zero-order chi connectivity index (χ0) is 14.3. The lowest BCUT2D eigenvalue weighted by Crippen LogP contribution is -2.53. The van der Waals surface area contributed by atoms with E-state index in [1.54, 1.807) is 10.3 Å². The van der Waals surface area contributed by atoms with Crippen molar-refractivity contribution in [3.05, 3.63) is 16.1 Å². The molecule has 2 saturated heterocycles. The third-order valence-electron chi connectivity index (χ3n) is 3.91. The molecule has 2 atom stereocenters. The van der Waals surface area contributed by atoms with Gasteiger partial charge in [0.05, 0.1) is 6.04 Å². The van der Waals surface area contributed by atoms with Crippen LogP contribution in [0.3, 0.4) is 0 Å². The molecule has 20 heavy (non-hydrogen) atoms. The zero-order valence-corrected chi connectivity index (χ0v) is 12.2. The van der Waals surface area contributed by atoms with Crippen molar-refractivity contribution < 1.29 is 9.59 Å². The normalized spacial score (nSPS) is 23.9. The number of nitrogens with two attached hydrogens (primary N) is 1. The highest BCUT2D eigenvalue weighted by Crippen LogP contribution is 2.24. The van der Waals surface area contributed by atoms with Gasteiger partial charge in [0.15, 0.2) is 0 Å². The molecule has 0 aromatic carbocycles. The number of amides is 2. The fourth-order valence-corrected chi connectivity index (χ4v) is 3.56. The van der Waals surface area contributed by atoms with Crippen LogP contribution in [-0.4, -0.2) is 52.3 Å². The van der Waals surface area contributed by atoms with Crippen LogP contribution in [0.1, 0.15) is 41.3 Å². The number of hydrogen-bond acceptors (Lipinski definition) is 5. The van der Waals surface area contributed by atoms with Crippen molar-refractivity contribution in [1.82, 2.24) is 14.8 Å². The lowest BCUT2D eigenvalue weighted by Gasteiger charge is -2.37. The second-order valence-electron chi connectivity index (χ2n) is 5.39. The molecule has 0 bridgehead atoms. The average molecular weight is 294 g/mol. The van der Waals surface area contributed by atoms with Crippen molar-refractivity contribution in [2.24, 2.45) is 5.73 Å². The number of aromatic nitrogens is 1. The second-order valence-corrected chi connectivity index (χ2v) is 6.28. The van der Waals surface area contributed by atoms with Gasteiger partial charge in [-0.2, -0.15) is 0 Å². The summed E-state index contributed by atoms with van der Waals surface area (Å²) in [5.74, 6) is 0.169. The van der Waals surface area contributed by atoms with Crippen LogP contribution in [0.4, 0.5) is 0 Å². The molecule has 3 heterocycles. The van der Waals surface area contributed by atoms with E-state index in [1.165, 1.54) is 11.3 Å². The summed E-state index contributed by atoms with van der Waals surface area (Å²) >= 11 is 1.42. The van der Waals surface area contributed by atoms with Gasteiger partial charge in [0.2, 0.25) is 5.91 Å². The molecule has 108 valence electrons. The summed E-state index contributed by atoms with van der Waals surface area (Å²) in [6.07, 6.45) is 1.46. The second kappa shape index (κ2) is 5.14. The molecule has 0 radical (unpaired) electrons. The molecule has 6 nitrogen and oxygen atoms in total. The molecular weight excluding hydrogens is 276 g/mol. The Balaban J connectivity index is 1.70. The zero-order valence-electron chi connectivity index (χ0n) is 11.4. The van der Waals surface area contributed by atoms with Gasteiger partial charge in [0.1, 0.15) is 10.7 Å². The third kappa shape index (κ3) is 2.31. The van der Waals surface area contributed by atoms with Crippen LogP contribution in [0.5, 0.6) is 0 Å². The van der Waals surface area contributed by atoms with Gasteiger partial charge < -0.3 is 15.5 Å². The summed E-state index contributed by atoms with van der Waals surface area (Å²) in [5.41, 5.74) is 6.24. The van der Waals surface area contributed by atoms with Crippen molar-refractivity contribution >= 4 is 23.2 Å². The molecule has 0 saturated carbocycles. The van der Waals surface area contributed by atoms with Gasteiger partial charge in [-0.25, -0.2) is 4.98 Å². The van der Waals surface area contributed by atoms with Crippen molar-refractivity contribution in [1.29, 1.82) is 0 Å². The Hall–Kier alpha value is -1.47. The number of hydrogen-bond donors (Lipinski definition) is 1. The van der Waals surface area contributed by atoms with E-state index in [9.17, 15) is 9.59 Å². The van der Waals surface area contributed by atoms with Gasteiger partial charge in [-0.1, -0.05) is 0 Å². The maximum absolute atomic E-state index is 12.4. The minimum atomic E-state index is -0.147. The Morgan fingerprint density at radius 2 is 2.35 bits per heavy atom. The van der Waals surface area contributed by atoms with Gasteiger partial charge in [-0.15, -0.1) is 11.3 Å². The van der Waals surface area contributed by atoms with Gasteiger partial charge in [-0.05, 0) is 13.3 Å². The van der Waals surface area contributed by atoms with E-state index in [0.29, 0.717) is 31.7 Å². The molecule has 2 N–H and O–H groups in total. The Morgan fingerprint density at radius 3 is 3.05 bits per heavy atom. The first-order chi connectivity index (χ1) is 9.56. The molecule has 0 spiro atoms. The van der Waals surface area contributed by atoms with Crippen LogP contribution in [0.25, 0.3) is 0 Å². The molecule has 1 aromatic heterocycles. The van der Waals surface area contributed by atoms with E-state index in [1.807, 2.05) is 11.8 Å². The van der Waals surface area contributed by atoms with Crippen LogP contribution < -0.4 is 5.73 Å². The van der Waals surface area contributed by atoms with E-state index in [4.69, 9.17) is 5.73 Å². The number of fused-ring (bicyclic) bond motifs is 1. The molecule has 0 aliphatic carbocycles. The molecule has 2 amide bonds. The Morgan fingerprint density at radius 1 is 1.55 bits per heavy atom. The maximum Gasteiger partial charge on any atom is 0.273 e. The number of thiazole rings is 1. The number of piperazine rings is 1. The quantitative estimate of drug-likeness (QED) is 0.866. The van der Waals surface area contributed by atoms with Crippen LogP contribution in [0.15, 0.2) is 5.38 Å². The van der Waals surface area contributed by atoms with Gasteiger partial charge in [-0.3, -0.25) is 9.59 Å². The number of carbonyl (C=O) groups is 2. The fourth-order valence-electron chi connectivity index (χ4n) is 2.81. The average Bonchev–Trinajstić information content (AvgIpc) is 3.05. The van der Waals surface area contributed by atoms with E-state index in [0.717, 1.165) is 11.4 Å². The standard InChI is InChI=1S/C13H18N4O2S/c1-8(14)12-15-10(7-20-12)13(19)16-4-5-17-9(6-16)2-3-11(17)18/h7-9H,2-6,14H2,1H3. The highest BCUT2D eigenvalue weighted by molar-refractivity contribution is 7.09. The van der Waals surface area contributed by atoms with E-state index in [2.05, 4.69) is 4.98 Å².